The lowest BCUT2D eigenvalue weighted by Crippen LogP contribution is -2.47. The molecule has 0 aromatic heterocycles. The number of aliphatic hydroxyl groups excluding tert-OH is 1. The van der Waals surface area contributed by atoms with Gasteiger partial charge in [-0.1, -0.05) is 0 Å². The molecule has 0 aromatic rings. The molecule has 122 valence electrons. The third-order valence-corrected chi connectivity index (χ3v) is 5.91. The first-order valence-corrected chi connectivity index (χ1v) is 8.92. The Bertz CT molecular complexity index is 347. The van der Waals surface area contributed by atoms with Crippen LogP contribution in [0.4, 0.5) is 0 Å². The van der Waals surface area contributed by atoms with Crippen molar-refractivity contribution in [3.63, 3.8) is 0 Å². The second-order valence-corrected chi connectivity index (χ2v) is 7.88. The van der Waals surface area contributed by atoms with Crippen molar-refractivity contribution in [2.24, 2.45) is 0 Å². The first kappa shape index (κ1) is 15.7. The summed E-state index contributed by atoms with van der Waals surface area (Å²) in [5.41, 5.74) is -0.0667. The summed E-state index contributed by atoms with van der Waals surface area (Å²) in [4.78, 5) is 5.28. The van der Waals surface area contributed by atoms with E-state index in [4.69, 9.17) is 0 Å². The molecule has 0 spiro atoms. The molecule has 3 unspecified atom stereocenters. The van der Waals surface area contributed by atoms with E-state index in [0.717, 1.165) is 18.5 Å². The fourth-order valence-electron chi connectivity index (χ4n) is 4.19. The van der Waals surface area contributed by atoms with E-state index in [2.05, 4.69) is 29.1 Å². The minimum atomic E-state index is -0.0667. The van der Waals surface area contributed by atoms with E-state index in [9.17, 15) is 5.11 Å². The van der Waals surface area contributed by atoms with Gasteiger partial charge < -0.3 is 15.3 Å². The zero-order valence-corrected chi connectivity index (χ0v) is 13.9. The predicted molar refractivity (Wildman–Crippen MR) is 86.5 cm³/mol. The molecule has 21 heavy (non-hydrogen) atoms. The van der Waals surface area contributed by atoms with Gasteiger partial charge in [-0.15, -0.1) is 0 Å². The van der Waals surface area contributed by atoms with Crippen LogP contribution in [0.25, 0.3) is 0 Å². The summed E-state index contributed by atoms with van der Waals surface area (Å²) in [6, 6.07) is 2.29. The second kappa shape index (κ2) is 6.53. The standard InChI is InChI=1S/C17H33N3O/c1-17(13-21,18-14-4-5-14)9-3-10-20-11-8-15-6-7-16(12-20)19(15)2/h14-16,18,21H,3-13H2,1-2H3. The van der Waals surface area contributed by atoms with Crippen LogP contribution in [0.15, 0.2) is 0 Å². The van der Waals surface area contributed by atoms with Crippen LogP contribution in [0, 0.1) is 0 Å². The molecule has 1 saturated carbocycles. The molecule has 3 rings (SSSR count). The smallest absolute Gasteiger partial charge is 0.0610 e. The number of nitrogens with zero attached hydrogens (tertiary/aromatic N) is 2. The molecule has 4 nitrogen and oxygen atoms in total. The minimum Gasteiger partial charge on any atom is -0.394 e. The van der Waals surface area contributed by atoms with E-state index in [0.29, 0.717) is 6.04 Å². The van der Waals surface area contributed by atoms with E-state index >= 15 is 0 Å². The van der Waals surface area contributed by atoms with Gasteiger partial charge in [0.2, 0.25) is 0 Å². The summed E-state index contributed by atoms with van der Waals surface area (Å²) in [6.07, 6.45) is 8.98. The van der Waals surface area contributed by atoms with E-state index in [1.165, 1.54) is 58.2 Å². The van der Waals surface area contributed by atoms with Gasteiger partial charge in [-0.2, -0.15) is 0 Å². The van der Waals surface area contributed by atoms with Gasteiger partial charge in [0, 0.05) is 30.2 Å². The van der Waals surface area contributed by atoms with Crippen molar-refractivity contribution in [3.8, 4) is 0 Å². The van der Waals surface area contributed by atoms with Crippen molar-refractivity contribution < 1.29 is 5.11 Å². The molecule has 3 fully saturated rings. The fourth-order valence-corrected chi connectivity index (χ4v) is 4.19. The lowest BCUT2D eigenvalue weighted by Gasteiger charge is -2.31. The Labute approximate surface area is 129 Å². The largest absolute Gasteiger partial charge is 0.394 e. The highest BCUT2D eigenvalue weighted by molar-refractivity contribution is 4.93. The molecule has 3 aliphatic rings. The van der Waals surface area contributed by atoms with Crippen LogP contribution >= 0.6 is 0 Å². The first-order valence-electron chi connectivity index (χ1n) is 8.92. The Morgan fingerprint density at radius 1 is 1.14 bits per heavy atom. The van der Waals surface area contributed by atoms with E-state index in [1.54, 1.807) is 0 Å². The van der Waals surface area contributed by atoms with Gasteiger partial charge in [0.05, 0.1) is 6.61 Å². The summed E-state index contributed by atoms with van der Waals surface area (Å²) >= 11 is 0. The maximum atomic E-state index is 9.68. The molecule has 1 aliphatic carbocycles. The molecule has 4 heteroatoms. The maximum Gasteiger partial charge on any atom is 0.0610 e. The monoisotopic (exact) mass is 295 g/mol. The normalized spacial score (nSPS) is 33.9. The fraction of sp³-hybridized carbons (Fsp3) is 1.00. The molecular weight excluding hydrogens is 262 g/mol. The third-order valence-electron chi connectivity index (χ3n) is 5.91. The van der Waals surface area contributed by atoms with Gasteiger partial charge in [-0.25, -0.2) is 0 Å². The summed E-state index contributed by atoms with van der Waals surface area (Å²) in [5.74, 6) is 0. The SMILES string of the molecule is CN1C2CCC1CN(CCCC(C)(CO)NC1CC1)CC2. The van der Waals surface area contributed by atoms with Gasteiger partial charge in [-0.3, -0.25) is 4.90 Å². The topological polar surface area (TPSA) is 38.7 Å². The van der Waals surface area contributed by atoms with Crippen LogP contribution in [-0.4, -0.2) is 71.9 Å². The molecule has 2 saturated heterocycles. The van der Waals surface area contributed by atoms with Crippen molar-refractivity contribution in [3.05, 3.63) is 0 Å². The molecule has 0 aromatic carbocycles. The molecular formula is C17H33N3O. The first-order chi connectivity index (χ1) is 10.1. The van der Waals surface area contributed by atoms with E-state index < -0.39 is 0 Å². The number of nitrogens with one attached hydrogen (secondary N) is 1. The van der Waals surface area contributed by atoms with Gasteiger partial charge in [-0.05, 0) is 72.0 Å². The molecule has 2 heterocycles. The number of likely N-dealkylation sites (N-methyl/N-ethyl adjacent to an activating group) is 1. The minimum absolute atomic E-state index is 0.0667. The van der Waals surface area contributed by atoms with Gasteiger partial charge in [0.1, 0.15) is 0 Å². The Morgan fingerprint density at radius 3 is 2.62 bits per heavy atom. The summed E-state index contributed by atoms with van der Waals surface area (Å²) < 4.78 is 0. The quantitative estimate of drug-likeness (QED) is 0.745. The van der Waals surface area contributed by atoms with Crippen LogP contribution in [0.2, 0.25) is 0 Å². The van der Waals surface area contributed by atoms with Crippen molar-refractivity contribution in [1.82, 2.24) is 15.1 Å². The molecule has 2 N–H and O–H groups in total. The zero-order chi connectivity index (χ0) is 14.9. The molecule has 3 atom stereocenters. The van der Waals surface area contributed by atoms with E-state index in [1.807, 2.05) is 0 Å². The van der Waals surface area contributed by atoms with Crippen LogP contribution in [0.3, 0.4) is 0 Å². The summed E-state index contributed by atoms with van der Waals surface area (Å²) in [5, 5.41) is 13.3. The van der Waals surface area contributed by atoms with Crippen LogP contribution in [0.1, 0.15) is 51.9 Å². The Morgan fingerprint density at radius 2 is 1.90 bits per heavy atom. The summed E-state index contributed by atoms with van der Waals surface area (Å²) in [6.45, 7) is 6.15. The molecule has 0 radical (unpaired) electrons. The maximum absolute atomic E-state index is 9.68. The lowest BCUT2D eigenvalue weighted by atomic mass is 9.96. The third kappa shape index (κ3) is 3.98. The molecule has 0 amide bonds. The molecule has 2 aliphatic heterocycles. The number of hydrogen-bond donors (Lipinski definition) is 2. The lowest BCUT2D eigenvalue weighted by molar-refractivity contribution is 0.152. The zero-order valence-electron chi connectivity index (χ0n) is 13.9. The van der Waals surface area contributed by atoms with Gasteiger partial charge in [0.15, 0.2) is 0 Å². The number of rotatable bonds is 7. The highest BCUT2D eigenvalue weighted by Crippen LogP contribution is 2.29. The van der Waals surface area contributed by atoms with Crippen molar-refractivity contribution in [1.29, 1.82) is 0 Å². The van der Waals surface area contributed by atoms with E-state index in [-0.39, 0.29) is 12.1 Å². The van der Waals surface area contributed by atoms with Crippen LogP contribution < -0.4 is 5.32 Å². The van der Waals surface area contributed by atoms with Crippen molar-refractivity contribution in [2.75, 3.05) is 33.3 Å². The number of fused-ring (bicyclic) bond motifs is 2. The average Bonchev–Trinajstić information content (AvgIpc) is 3.20. The van der Waals surface area contributed by atoms with Gasteiger partial charge >= 0.3 is 0 Å². The van der Waals surface area contributed by atoms with Crippen LogP contribution in [0.5, 0.6) is 0 Å². The van der Waals surface area contributed by atoms with Crippen LogP contribution in [-0.2, 0) is 0 Å². The Kier molecular flexibility index (Phi) is 4.89. The number of aliphatic hydroxyl groups is 1. The highest BCUT2D eigenvalue weighted by atomic mass is 16.3. The number of hydrogen-bond acceptors (Lipinski definition) is 4. The average molecular weight is 295 g/mol. The second-order valence-electron chi connectivity index (χ2n) is 7.88. The van der Waals surface area contributed by atoms with Gasteiger partial charge in [0.25, 0.3) is 0 Å². The van der Waals surface area contributed by atoms with Crippen molar-refractivity contribution >= 4 is 0 Å². The Hall–Kier alpha value is -0.160. The Balaban J connectivity index is 1.42. The summed E-state index contributed by atoms with van der Waals surface area (Å²) in [7, 11) is 2.31. The number of likely N-dealkylation sites (tertiary alicyclic amines) is 1. The molecule has 2 bridgehead atoms. The van der Waals surface area contributed by atoms with Crippen molar-refractivity contribution in [2.45, 2.75) is 75.5 Å². The highest BCUT2D eigenvalue weighted by Gasteiger charge is 2.35. The predicted octanol–water partition coefficient (Wildman–Crippen LogP) is 1.44.